The molecule has 2 rings (SSSR count). The zero-order valence-corrected chi connectivity index (χ0v) is 11.9. The zero-order valence-electron chi connectivity index (χ0n) is 11.9. The molecule has 2 aromatic rings. The van der Waals surface area contributed by atoms with E-state index < -0.39 is 0 Å². The maximum absolute atomic E-state index is 5.71. The summed E-state index contributed by atoms with van der Waals surface area (Å²) in [6.45, 7) is 7.00. The molecule has 0 heterocycles. The second kappa shape index (κ2) is 6.69. The molecular weight excluding hydrogens is 232 g/mol. The van der Waals surface area contributed by atoms with Crippen molar-refractivity contribution in [3.63, 3.8) is 0 Å². The fourth-order valence-corrected chi connectivity index (χ4v) is 2.34. The predicted octanol–water partition coefficient (Wildman–Crippen LogP) is 3.22. The predicted molar refractivity (Wildman–Crippen MR) is 83.2 cm³/mol. The number of fused-ring (bicyclic) bond motifs is 1. The van der Waals surface area contributed by atoms with Crippen molar-refractivity contribution in [2.75, 3.05) is 13.1 Å². The summed E-state index contributed by atoms with van der Waals surface area (Å²) >= 11 is 0. The van der Waals surface area contributed by atoms with Crippen molar-refractivity contribution in [2.24, 2.45) is 11.7 Å². The van der Waals surface area contributed by atoms with Gasteiger partial charge in [-0.3, -0.25) is 0 Å². The van der Waals surface area contributed by atoms with Crippen LogP contribution in [0.4, 0.5) is 0 Å². The lowest BCUT2D eigenvalue weighted by atomic mass is 10.0. The molecule has 0 saturated carbocycles. The lowest BCUT2D eigenvalue weighted by Gasteiger charge is -2.13. The van der Waals surface area contributed by atoms with Crippen LogP contribution in [0.25, 0.3) is 10.8 Å². The van der Waals surface area contributed by atoms with Crippen molar-refractivity contribution in [1.29, 1.82) is 0 Å². The molecule has 0 spiro atoms. The fraction of sp³-hybridized carbons (Fsp3) is 0.412. The molecule has 1 unspecified atom stereocenters. The molecule has 0 saturated heterocycles. The highest BCUT2D eigenvalue weighted by Gasteiger charge is 2.03. The normalized spacial score (nSPS) is 12.8. The van der Waals surface area contributed by atoms with Crippen LogP contribution in [-0.2, 0) is 6.54 Å². The van der Waals surface area contributed by atoms with E-state index in [-0.39, 0.29) is 0 Å². The first-order chi connectivity index (χ1) is 9.22. The first kappa shape index (κ1) is 14.0. The molecule has 0 aromatic heterocycles. The number of rotatable bonds is 6. The third kappa shape index (κ3) is 3.79. The van der Waals surface area contributed by atoms with Gasteiger partial charge in [0.1, 0.15) is 0 Å². The van der Waals surface area contributed by atoms with Gasteiger partial charge in [0.25, 0.3) is 0 Å². The average Bonchev–Trinajstić information content (AvgIpc) is 2.43. The number of nitrogens with two attached hydrogens (primary N) is 1. The van der Waals surface area contributed by atoms with Crippen molar-refractivity contribution < 1.29 is 0 Å². The smallest absolute Gasteiger partial charge is 0.0205 e. The molecule has 2 aromatic carbocycles. The van der Waals surface area contributed by atoms with Crippen LogP contribution in [0.3, 0.4) is 0 Å². The topological polar surface area (TPSA) is 38.0 Å². The zero-order chi connectivity index (χ0) is 13.7. The third-order valence-corrected chi connectivity index (χ3v) is 3.73. The number of hydrogen-bond acceptors (Lipinski definition) is 2. The van der Waals surface area contributed by atoms with Gasteiger partial charge < -0.3 is 11.1 Å². The molecule has 1 atom stereocenters. The second-order valence-electron chi connectivity index (χ2n) is 5.33. The van der Waals surface area contributed by atoms with E-state index in [9.17, 15) is 0 Å². The minimum Gasteiger partial charge on any atom is -0.330 e. The Morgan fingerprint density at radius 2 is 1.84 bits per heavy atom. The van der Waals surface area contributed by atoms with Gasteiger partial charge >= 0.3 is 0 Å². The highest BCUT2D eigenvalue weighted by atomic mass is 14.9. The van der Waals surface area contributed by atoms with E-state index in [1.54, 1.807) is 0 Å². The van der Waals surface area contributed by atoms with Crippen molar-refractivity contribution in [3.8, 4) is 0 Å². The maximum atomic E-state index is 5.71. The molecule has 0 aliphatic heterocycles. The van der Waals surface area contributed by atoms with E-state index in [1.165, 1.54) is 21.9 Å². The quantitative estimate of drug-likeness (QED) is 0.833. The Morgan fingerprint density at radius 1 is 1.11 bits per heavy atom. The molecule has 0 aliphatic carbocycles. The van der Waals surface area contributed by atoms with E-state index in [0.29, 0.717) is 5.92 Å². The SMILES string of the molecule is CCC(CN)CNCc1ccc2cc(C)ccc2c1. The lowest BCUT2D eigenvalue weighted by molar-refractivity contribution is 0.471. The Labute approximate surface area is 116 Å². The third-order valence-electron chi connectivity index (χ3n) is 3.73. The minimum absolute atomic E-state index is 0.586. The van der Waals surface area contributed by atoms with Crippen LogP contribution in [-0.4, -0.2) is 13.1 Å². The Kier molecular flexibility index (Phi) is 4.94. The van der Waals surface area contributed by atoms with Crippen molar-refractivity contribution in [1.82, 2.24) is 5.32 Å². The van der Waals surface area contributed by atoms with Gasteiger partial charge in [-0.25, -0.2) is 0 Å². The van der Waals surface area contributed by atoms with Gasteiger partial charge in [-0.1, -0.05) is 49.2 Å². The first-order valence-corrected chi connectivity index (χ1v) is 7.13. The van der Waals surface area contributed by atoms with Gasteiger partial charge in [0.15, 0.2) is 0 Å². The van der Waals surface area contributed by atoms with Crippen LogP contribution in [0.5, 0.6) is 0 Å². The summed E-state index contributed by atoms with van der Waals surface area (Å²) in [5.74, 6) is 0.586. The minimum atomic E-state index is 0.586. The Hall–Kier alpha value is -1.38. The number of nitrogens with one attached hydrogen (secondary N) is 1. The summed E-state index contributed by atoms with van der Waals surface area (Å²) < 4.78 is 0. The fourth-order valence-electron chi connectivity index (χ4n) is 2.34. The van der Waals surface area contributed by atoms with Crippen molar-refractivity contribution >= 4 is 10.8 Å². The summed E-state index contributed by atoms with van der Waals surface area (Å²) in [7, 11) is 0. The van der Waals surface area contributed by atoms with Crippen LogP contribution >= 0.6 is 0 Å². The van der Waals surface area contributed by atoms with Crippen LogP contribution in [0.15, 0.2) is 36.4 Å². The van der Waals surface area contributed by atoms with Crippen LogP contribution < -0.4 is 11.1 Å². The van der Waals surface area contributed by atoms with Gasteiger partial charge in [-0.15, -0.1) is 0 Å². The highest BCUT2D eigenvalue weighted by molar-refractivity contribution is 5.83. The molecule has 2 nitrogen and oxygen atoms in total. The average molecular weight is 256 g/mol. The molecule has 0 bridgehead atoms. The molecule has 102 valence electrons. The van der Waals surface area contributed by atoms with Gasteiger partial charge in [-0.05, 0) is 48.3 Å². The van der Waals surface area contributed by atoms with Gasteiger partial charge in [0, 0.05) is 6.54 Å². The molecule has 3 N–H and O–H groups in total. The summed E-state index contributed by atoms with van der Waals surface area (Å²) in [6, 6.07) is 13.3. The van der Waals surface area contributed by atoms with E-state index >= 15 is 0 Å². The monoisotopic (exact) mass is 256 g/mol. The molecule has 0 fully saturated rings. The van der Waals surface area contributed by atoms with Gasteiger partial charge in [0.05, 0.1) is 0 Å². The molecule has 19 heavy (non-hydrogen) atoms. The Bertz CT molecular complexity index is 530. The van der Waals surface area contributed by atoms with E-state index in [2.05, 4.69) is 55.6 Å². The van der Waals surface area contributed by atoms with Crippen molar-refractivity contribution in [3.05, 3.63) is 47.5 Å². The van der Waals surface area contributed by atoms with E-state index in [0.717, 1.165) is 26.1 Å². The molecule has 0 radical (unpaired) electrons. The van der Waals surface area contributed by atoms with Gasteiger partial charge in [0.2, 0.25) is 0 Å². The van der Waals surface area contributed by atoms with Crippen LogP contribution in [0, 0.1) is 12.8 Å². The Balaban J connectivity index is 1.99. The standard InChI is InChI=1S/C17H24N2/c1-3-14(10-18)11-19-12-15-5-7-16-8-13(2)4-6-17(16)9-15/h4-9,14,19H,3,10-12,18H2,1-2H3. The largest absolute Gasteiger partial charge is 0.330 e. The van der Waals surface area contributed by atoms with Crippen molar-refractivity contribution in [2.45, 2.75) is 26.8 Å². The number of benzene rings is 2. The van der Waals surface area contributed by atoms with E-state index in [4.69, 9.17) is 5.73 Å². The van der Waals surface area contributed by atoms with Crippen LogP contribution in [0.2, 0.25) is 0 Å². The second-order valence-corrected chi connectivity index (χ2v) is 5.33. The molecule has 2 heteroatoms. The summed E-state index contributed by atoms with van der Waals surface area (Å²) in [4.78, 5) is 0. The maximum Gasteiger partial charge on any atom is 0.0205 e. The van der Waals surface area contributed by atoms with Crippen LogP contribution in [0.1, 0.15) is 24.5 Å². The molecule has 0 amide bonds. The summed E-state index contributed by atoms with van der Waals surface area (Å²) in [6.07, 6.45) is 1.14. The number of hydrogen-bond donors (Lipinski definition) is 2. The first-order valence-electron chi connectivity index (χ1n) is 7.13. The highest BCUT2D eigenvalue weighted by Crippen LogP contribution is 2.17. The summed E-state index contributed by atoms with van der Waals surface area (Å²) in [5, 5.41) is 6.13. The summed E-state index contributed by atoms with van der Waals surface area (Å²) in [5.41, 5.74) is 8.36. The molecule has 0 aliphatic rings. The lowest BCUT2D eigenvalue weighted by Crippen LogP contribution is -2.27. The Morgan fingerprint density at radius 3 is 2.58 bits per heavy atom. The molecular formula is C17H24N2. The van der Waals surface area contributed by atoms with E-state index in [1.807, 2.05) is 0 Å². The van der Waals surface area contributed by atoms with Gasteiger partial charge in [-0.2, -0.15) is 0 Å². The number of aryl methyl sites for hydroxylation is 1.